The summed E-state index contributed by atoms with van der Waals surface area (Å²) in [5, 5.41) is 3.27. The predicted octanol–water partition coefficient (Wildman–Crippen LogP) is 3.31. The quantitative estimate of drug-likeness (QED) is 0.917. The zero-order chi connectivity index (χ0) is 14.2. The number of nitrogens with zero attached hydrogens (tertiary/aromatic N) is 2. The molecule has 1 aliphatic heterocycles. The van der Waals surface area contributed by atoms with Crippen LogP contribution in [0.25, 0.3) is 0 Å². The Morgan fingerprint density at radius 3 is 2.50 bits per heavy atom. The third kappa shape index (κ3) is 4.22. The molecule has 0 aromatic carbocycles. The van der Waals surface area contributed by atoms with E-state index in [2.05, 4.69) is 17.2 Å². The SMILES string of the molecule is CCCNc1ccc(C(=O)N2CCCCCCC2)nc1. The number of likely N-dealkylation sites (tertiary alicyclic amines) is 1. The van der Waals surface area contributed by atoms with Crippen molar-refractivity contribution in [3.8, 4) is 0 Å². The van der Waals surface area contributed by atoms with E-state index in [4.69, 9.17) is 0 Å². The number of carbonyl (C=O) groups excluding carboxylic acids is 1. The highest BCUT2D eigenvalue weighted by Crippen LogP contribution is 2.14. The highest BCUT2D eigenvalue weighted by Gasteiger charge is 2.17. The van der Waals surface area contributed by atoms with Gasteiger partial charge < -0.3 is 10.2 Å². The number of nitrogens with one attached hydrogen (secondary N) is 1. The highest BCUT2D eigenvalue weighted by atomic mass is 16.2. The van der Waals surface area contributed by atoms with Crippen LogP contribution in [0.4, 0.5) is 5.69 Å². The largest absolute Gasteiger partial charge is 0.384 e. The minimum absolute atomic E-state index is 0.0777. The lowest BCUT2D eigenvalue weighted by Gasteiger charge is -2.24. The first kappa shape index (κ1) is 14.8. The van der Waals surface area contributed by atoms with Gasteiger partial charge in [-0.05, 0) is 31.4 Å². The van der Waals surface area contributed by atoms with Gasteiger partial charge in [0.2, 0.25) is 0 Å². The number of anilines is 1. The Balaban J connectivity index is 1.96. The Morgan fingerprint density at radius 1 is 1.20 bits per heavy atom. The van der Waals surface area contributed by atoms with Crippen molar-refractivity contribution in [3.05, 3.63) is 24.0 Å². The minimum Gasteiger partial charge on any atom is -0.384 e. The van der Waals surface area contributed by atoms with Crippen LogP contribution in [0.2, 0.25) is 0 Å². The van der Waals surface area contributed by atoms with Crippen molar-refractivity contribution >= 4 is 11.6 Å². The summed E-state index contributed by atoms with van der Waals surface area (Å²) in [6.45, 7) is 4.80. The van der Waals surface area contributed by atoms with Crippen molar-refractivity contribution in [1.29, 1.82) is 0 Å². The second kappa shape index (κ2) is 7.88. The van der Waals surface area contributed by atoms with Gasteiger partial charge in [0.15, 0.2) is 0 Å². The molecular weight excluding hydrogens is 250 g/mol. The molecule has 0 radical (unpaired) electrons. The summed E-state index contributed by atoms with van der Waals surface area (Å²) in [6.07, 6.45) is 8.83. The van der Waals surface area contributed by atoms with E-state index >= 15 is 0 Å². The Bertz CT molecular complexity index is 408. The molecular formula is C16H25N3O. The molecule has 1 amide bonds. The van der Waals surface area contributed by atoms with Crippen molar-refractivity contribution in [3.63, 3.8) is 0 Å². The molecule has 1 fully saturated rings. The van der Waals surface area contributed by atoms with Gasteiger partial charge in [0.1, 0.15) is 5.69 Å². The molecule has 1 aromatic rings. The predicted molar refractivity (Wildman–Crippen MR) is 82.0 cm³/mol. The van der Waals surface area contributed by atoms with Gasteiger partial charge in [-0.15, -0.1) is 0 Å². The maximum atomic E-state index is 12.4. The molecule has 0 aliphatic carbocycles. The summed E-state index contributed by atoms with van der Waals surface area (Å²) in [4.78, 5) is 18.7. The van der Waals surface area contributed by atoms with Crippen LogP contribution in [0.3, 0.4) is 0 Å². The van der Waals surface area contributed by atoms with E-state index in [1.54, 1.807) is 6.20 Å². The maximum Gasteiger partial charge on any atom is 0.272 e. The number of aromatic nitrogens is 1. The van der Waals surface area contributed by atoms with Crippen molar-refractivity contribution in [1.82, 2.24) is 9.88 Å². The van der Waals surface area contributed by atoms with Crippen molar-refractivity contribution in [2.45, 2.75) is 45.4 Å². The fourth-order valence-corrected chi connectivity index (χ4v) is 2.51. The number of hydrogen-bond acceptors (Lipinski definition) is 3. The average molecular weight is 275 g/mol. The third-order valence-corrected chi connectivity index (χ3v) is 3.70. The van der Waals surface area contributed by atoms with Crippen LogP contribution in [0.15, 0.2) is 18.3 Å². The molecule has 0 unspecified atom stereocenters. The monoisotopic (exact) mass is 275 g/mol. The molecule has 4 heteroatoms. The number of carbonyl (C=O) groups is 1. The first-order valence-electron chi connectivity index (χ1n) is 7.80. The second-order valence-electron chi connectivity index (χ2n) is 5.42. The molecule has 20 heavy (non-hydrogen) atoms. The van der Waals surface area contributed by atoms with E-state index in [9.17, 15) is 4.79 Å². The molecule has 0 atom stereocenters. The molecule has 2 rings (SSSR count). The number of rotatable bonds is 4. The summed E-state index contributed by atoms with van der Waals surface area (Å²) in [7, 11) is 0. The first-order chi connectivity index (χ1) is 9.81. The molecule has 0 spiro atoms. The van der Waals surface area contributed by atoms with Crippen LogP contribution in [0.1, 0.15) is 55.9 Å². The summed E-state index contributed by atoms with van der Waals surface area (Å²) in [5.74, 6) is 0.0777. The zero-order valence-corrected chi connectivity index (χ0v) is 12.4. The summed E-state index contributed by atoms with van der Waals surface area (Å²) >= 11 is 0. The number of pyridine rings is 1. The van der Waals surface area contributed by atoms with Crippen molar-refractivity contribution in [2.75, 3.05) is 25.0 Å². The highest BCUT2D eigenvalue weighted by molar-refractivity contribution is 5.92. The lowest BCUT2D eigenvalue weighted by atomic mass is 10.1. The fourth-order valence-electron chi connectivity index (χ4n) is 2.51. The Morgan fingerprint density at radius 2 is 1.90 bits per heavy atom. The normalized spacial score (nSPS) is 16.4. The molecule has 1 N–H and O–H groups in total. The molecule has 2 heterocycles. The lowest BCUT2D eigenvalue weighted by Crippen LogP contribution is -2.34. The third-order valence-electron chi connectivity index (χ3n) is 3.70. The fraction of sp³-hybridized carbons (Fsp3) is 0.625. The summed E-state index contributed by atoms with van der Waals surface area (Å²) in [5.41, 5.74) is 1.55. The van der Waals surface area contributed by atoms with E-state index < -0.39 is 0 Å². The first-order valence-corrected chi connectivity index (χ1v) is 7.80. The topological polar surface area (TPSA) is 45.2 Å². The second-order valence-corrected chi connectivity index (χ2v) is 5.42. The van der Waals surface area contributed by atoms with Crippen molar-refractivity contribution < 1.29 is 4.79 Å². The maximum absolute atomic E-state index is 12.4. The van der Waals surface area contributed by atoms with Gasteiger partial charge in [-0.1, -0.05) is 26.2 Å². The van der Waals surface area contributed by atoms with Crippen LogP contribution in [-0.4, -0.2) is 35.4 Å². The van der Waals surface area contributed by atoms with Gasteiger partial charge in [0.05, 0.1) is 11.9 Å². The van der Waals surface area contributed by atoms with Crippen LogP contribution in [0.5, 0.6) is 0 Å². The van der Waals surface area contributed by atoms with E-state index in [1.807, 2.05) is 17.0 Å². The van der Waals surface area contributed by atoms with Crippen LogP contribution >= 0.6 is 0 Å². The summed E-state index contributed by atoms with van der Waals surface area (Å²) < 4.78 is 0. The molecule has 4 nitrogen and oxygen atoms in total. The van der Waals surface area contributed by atoms with E-state index in [-0.39, 0.29) is 5.91 Å². The van der Waals surface area contributed by atoms with Gasteiger partial charge in [0.25, 0.3) is 5.91 Å². The van der Waals surface area contributed by atoms with E-state index in [0.29, 0.717) is 5.69 Å². The number of amides is 1. The zero-order valence-electron chi connectivity index (χ0n) is 12.4. The Labute approximate surface area is 121 Å². The van der Waals surface area contributed by atoms with Gasteiger partial charge in [-0.2, -0.15) is 0 Å². The van der Waals surface area contributed by atoms with Crippen molar-refractivity contribution in [2.24, 2.45) is 0 Å². The smallest absolute Gasteiger partial charge is 0.272 e. The standard InChI is InChI=1S/C16H25N3O/c1-2-10-17-14-8-9-15(18-13-14)16(20)19-11-6-4-3-5-7-12-19/h8-9,13,17H,2-7,10-12H2,1H3. The lowest BCUT2D eigenvalue weighted by molar-refractivity contribution is 0.0736. The average Bonchev–Trinajstić information content (AvgIpc) is 2.45. The van der Waals surface area contributed by atoms with Gasteiger partial charge >= 0.3 is 0 Å². The Kier molecular flexibility index (Phi) is 5.84. The van der Waals surface area contributed by atoms with E-state index in [0.717, 1.165) is 44.6 Å². The number of hydrogen-bond donors (Lipinski definition) is 1. The molecule has 1 aromatic heterocycles. The van der Waals surface area contributed by atoms with E-state index in [1.165, 1.54) is 19.3 Å². The van der Waals surface area contributed by atoms with Gasteiger partial charge in [0, 0.05) is 19.6 Å². The summed E-state index contributed by atoms with van der Waals surface area (Å²) in [6, 6.07) is 3.78. The van der Waals surface area contributed by atoms with Gasteiger partial charge in [-0.25, -0.2) is 4.98 Å². The molecule has 1 aliphatic rings. The van der Waals surface area contributed by atoms with Crippen LogP contribution in [-0.2, 0) is 0 Å². The molecule has 110 valence electrons. The van der Waals surface area contributed by atoms with Crippen LogP contribution in [0, 0.1) is 0 Å². The Hall–Kier alpha value is -1.58. The molecule has 1 saturated heterocycles. The minimum atomic E-state index is 0.0777. The van der Waals surface area contributed by atoms with Crippen LogP contribution < -0.4 is 5.32 Å². The van der Waals surface area contributed by atoms with Gasteiger partial charge in [-0.3, -0.25) is 4.79 Å². The molecule has 0 saturated carbocycles. The molecule has 0 bridgehead atoms.